The second-order valence-corrected chi connectivity index (χ2v) is 6.42. The Labute approximate surface area is 139 Å². The van der Waals surface area contributed by atoms with Crippen molar-refractivity contribution in [1.29, 1.82) is 0 Å². The summed E-state index contributed by atoms with van der Waals surface area (Å²) in [5.74, 6) is 1.15. The lowest BCUT2D eigenvalue weighted by atomic mass is 10.1. The summed E-state index contributed by atoms with van der Waals surface area (Å²) in [5, 5.41) is 6.12. The average Bonchev–Trinajstić information content (AvgIpc) is 2.47. The topological polar surface area (TPSA) is 54.0 Å². The van der Waals surface area contributed by atoms with Crippen molar-refractivity contribution in [3.05, 3.63) is 52.6 Å². The van der Waals surface area contributed by atoms with Gasteiger partial charge in [0.05, 0.1) is 0 Å². The number of carbonyl (C=O) groups excluding carboxylic acids is 1. The molecular weight excluding hydrogens is 342 g/mol. The molecule has 2 aromatic rings. The van der Waals surface area contributed by atoms with Crippen molar-refractivity contribution in [2.75, 3.05) is 11.9 Å². The zero-order chi connectivity index (χ0) is 15.9. The fourth-order valence-corrected chi connectivity index (χ4v) is 2.33. The van der Waals surface area contributed by atoms with Gasteiger partial charge in [-0.3, -0.25) is 4.79 Å². The number of nitrogens with one attached hydrogen (secondary N) is 2. The standard InChI is InChI=1S/C17H20BrN3O/c1-12(2)6-8-20-17(22)13-7-9-19-16(10-13)21-15-5-3-4-14(18)11-15/h3-5,7,9-12H,6,8H2,1-2H3,(H,19,21)(H,20,22). The SMILES string of the molecule is CC(C)CCNC(=O)c1ccnc(Nc2cccc(Br)c2)c1. The molecule has 22 heavy (non-hydrogen) atoms. The highest BCUT2D eigenvalue weighted by Crippen LogP contribution is 2.19. The number of rotatable bonds is 6. The van der Waals surface area contributed by atoms with E-state index in [0.29, 0.717) is 23.8 Å². The molecule has 1 aromatic carbocycles. The monoisotopic (exact) mass is 361 g/mol. The highest BCUT2D eigenvalue weighted by atomic mass is 79.9. The van der Waals surface area contributed by atoms with Gasteiger partial charge in [0.25, 0.3) is 5.91 Å². The molecule has 0 radical (unpaired) electrons. The van der Waals surface area contributed by atoms with E-state index in [0.717, 1.165) is 16.6 Å². The Morgan fingerprint density at radius 2 is 2.09 bits per heavy atom. The first-order valence-electron chi connectivity index (χ1n) is 7.31. The normalized spacial score (nSPS) is 10.5. The van der Waals surface area contributed by atoms with Crippen LogP contribution in [-0.2, 0) is 0 Å². The van der Waals surface area contributed by atoms with Crippen LogP contribution in [0.3, 0.4) is 0 Å². The summed E-state index contributed by atoms with van der Waals surface area (Å²) >= 11 is 3.43. The average molecular weight is 362 g/mol. The Bertz CT molecular complexity index is 643. The summed E-state index contributed by atoms with van der Waals surface area (Å²) in [6.07, 6.45) is 2.61. The van der Waals surface area contributed by atoms with Gasteiger partial charge in [-0.05, 0) is 42.7 Å². The molecule has 0 aliphatic heterocycles. The Balaban J connectivity index is 2.01. The van der Waals surface area contributed by atoms with E-state index in [1.807, 2.05) is 24.3 Å². The molecule has 0 saturated carbocycles. The van der Waals surface area contributed by atoms with Crippen molar-refractivity contribution in [2.45, 2.75) is 20.3 Å². The molecule has 1 aromatic heterocycles. The maximum Gasteiger partial charge on any atom is 0.251 e. The minimum Gasteiger partial charge on any atom is -0.352 e. The predicted molar refractivity (Wildman–Crippen MR) is 93.4 cm³/mol. The lowest BCUT2D eigenvalue weighted by Crippen LogP contribution is -2.25. The van der Waals surface area contributed by atoms with Crippen LogP contribution in [0.2, 0.25) is 0 Å². The molecule has 1 amide bonds. The summed E-state index contributed by atoms with van der Waals surface area (Å²) in [6, 6.07) is 11.3. The molecule has 116 valence electrons. The van der Waals surface area contributed by atoms with Gasteiger partial charge in [-0.15, -0.1) is 0 Å². The molecule has 0 fully saturated rings. The summed E-state index contributed by atoms with van der Waals surface area (Å²) in [5.41, 5.74) is 1.52. The van der Waals surface area contributed by atoms with E-state index in [2.05, 4.69) is 45.4 Å². The summed E-state index contributed by atoms with van der Waals surface area (Å²) in [6.45, 7) is 4.96. The maximum atomic E-state index is 12.1. The second-order valence-electron chi connectivity index (χ2n) is 5.50. The first-order chi connectivity index (χ1) is 10.5. The molecule has 4 nitrogen and oxygen atoms in total. The van der Waals surface area contributed by atoms with E-state index in [1.165, 1.54) is 0 Å². The molecule has 0 aliphatic rings. The fourth-order valence-electron chi connectivity index (χ4n) is 1.93. The number of halogens is 1. The van der Waals surface area contributed by atoms with Crippen molar-refractivity contribution >= 4 is 33.3 Å². The smallest absolute Gasteiger partial charge is 0.251 e. The van der Waals surface area contributed by atoms with Gasteiger partial charge in [-0.2, -0.15) is 0 Å². The fraction of sp³-hybridized carbons (Fsp3) is 0.294. The Morgan fingerprint density at radius 1 is 1.27 bits per heavy atom. The molecule has 0 atom stereocenters. The number of anilines is 2. The van der Waals surface area contributed by atoms with Crippen LogP contribution in [0.25, 0.3) is 0 Å². The lowest BCUT2D eigenvalue weighted by Gasteiger charge is -2.09. The number of carbonyl (C=O) groups is 1. The first-order valence-corrected chi connectivity index (χ1v) is 8.11. The van der Waals surface area contributed by atoms with E-state index >= 15 is 0 Å². The maximum absolute atomic E-state index is 12.1. The Kier molecular flexibility index (Phi) is 5.95. The van der Waals surface area contributed by atoms with Gasteiger partial charge in [0.1, 0.15) is 5.82 Å². The minimum atomic E-state index is -0.0691. The van der Waals surface area contributed by atoms with Crippen LogP contribution in [0.4, 0.5) is 11.5 Å². The number of nitrogens with zero attached hydrogens (tertiary/aromatic N) is 1. The van der Waals surface area contributed by atoms with Gasteiger partial charge >= 0.3 is 0 Å². The molecule has 0 aliphatic carbocycles. The molecule has 2 rings (SSSR count). The second kappa shape index (κ2) is 7.94. The van der Waals surface area contributed by atoms with Crippen molar-refractivity contribution in [1.82, 2.24) is 10.3 Å². The first kappa shape index (κ1) is 16.5. The third-order valence-electron chi connectivity index (χ3n) is 3.13. The third kappa shape index (κ3) is 5.15. The van der Waals surface area contributed by atoms with E-state index in [9.17, 15) is 4.79 Å². The number of benzene rings is 1. The Hall–Kier alpha value is -1.88. The zero-order valence-electron chi connectivity index (χ0n) is 12.8. The largest absolute Gasteiger partial charge is 0.352 e. The van der Waals surface area contributed by atoms with Crippen molar-refractivity contribution in [2.24, 2.45) is 5.92 Å². The number of aromatic nitrogens is 1. The molecule has 0 spiro atoms. The highest BCUT2D eigenvalue weighted by molar-refractivity contribution is 9.10. The van der Waals surface area contributed by atoms with E-state index in [1.54, 1.807) is 18.3 Å². The predicted octanol–water partition coefficient (Wildman–Crippen LogP) is 4.36. The summed E-state index contributed by atoms with van der Waals surface area (Å²) < 4.78 is 0.986. The van der Waals surface area contributed by atoms with Crippen LogP contribution in [0, 0.1) is 5.92 Å². The van der Waals surface area contributed by atoms with Crippen LogP contribution in [0.15, 0.2) is 47.1 Å². The molecule has 5 heteroatoms. The molecule has 0 bridgehead atoms. The van der Waals surface area contributed by atoms with Crippen molar-refractivity contribution < 1.29 is 4.79 Å². The number of hydrogen-bond acceptors (Lipinski definition) is 3. The zero-order valence-corrected chi connectivity index (χ0v) is 14.4. The van der Waals surface area contributed by atoms with Gasteiger partial charge in [-0.1, -0.05) is 35.8 Å². The minimum absolute atomic E-state index is 0.0691. The summed E-state index contributed by atoms with van der Waals surface area (Å²) in [7, 11) is 0. The number of hydrogen-bond donors (Lipinski definition) is 2. The van der Waals surface area contributed by atoms with Gasteiger partial charge in [0.2, 0.25) is 0 Å². The van der Waals surface area contributed by atoms with Crippen LogP contribution >= 0.6 is 15.9 Å². The lowest BCUT2D eigenvalue weighted by molar-refractivity contribution is 0.0952. The van der Waals surface area contributed by atoms with Gasteiger partial charge in [-0.25, -0.2) is 4.98 Å². The Morgan fingerprint density at radius 3 is 2.82 bits per heavy atom. The van der Waals surface area contributed by atoms with Crippen LogP contribution in [0.5, 0.6) is 0 Å². The molecule has 1 heterocycles. The van der Waals surface area contributed by atoms with Crippen molar-refractivity contribution in [3.8, 4) is 0 Å². The summed E-state index contributed by atoms with van der Waals surface area (Å²) in [4.78, 5) is 16.4. The number of pyridine rings is 1. The molecule has 0 saturated heterocycles. The van der Waals surface area contributed by atoms with E-state index in [-0.39, 0.29) is 5.91 Å². The van der Waals surface area contributed by atoms with Gasteiger partial charge < -0.3 is 10.6 Å². The van der Waals surface area contributed by atoms with Gasteiger partial charge in [0, 0.05) is 28.5 Å². The van der Waals surface area contributed by atoms with Crippen molar-refractivity contribution in [3.63, 3.8) is 0 Å². The molecular formula is C17H20BrN3O. The number of amides is 1. The van der Waals surface area contributed by atoms with E-state index in [4.69, 9.17) is 0 Å². The molecule has 2 N–H and O–H groups in total. The van der Waals surface area contributed by atoms with Crippen LogP contribution < -0.4 is 10.6 Å². The van der Waals surface area contributed by atoms with Crippen LogP contribution in [-0.4, -0.2) is 17.4 Å². The molecule has 0 unspecified atom stereocenters. The highest BCUT2D eigenvalue weighted by Gasteiger charge is 2.07. The third-order valence-corrected chi connectivity index (χ3v) is 3.62. The van der Waals surface area contributed by atoms with Crippen LogP contribution in [0.1, 0.15) is 30.6 Å². The van der Waals surface area contributed by atoms with E-state index < -0.39 is 0 Å². The van der Waals surface area contributed by atoms with Gasteiger partial charge in [0.15, 0.2) is 0 Å². The quantitative estimate of drug-likeness (QED) is 0.803.